The van der Waals surface area contributed by atoms with E-state index in [2.05, 4.69) is 11.1 Å². The van der Waals surface area contributed by atoms with E-state index in [-0.39, 0.29) is 12.5 Å². The quantitative estimate of drug-likeness (QED) is 0.346. The van der Waals surface area contributed by atoms with Crippen molar-refractivity contribution in [2.24, 2.45) is 0 Å². The van der Waals surface area contributed by atoms with Crippen LogP contribution in [0, 0.1) is 11.3 Å². The molecular weight excluding hydrogens is 489 g/mol. The van der Waals surface area contributed by atoms with E-state index in [0.717, 1.165) is 11.1 Å². The van der Waals surface area contributed by atoms with Crippen LogP contribution >= 0.6 is 0 Å². The van der Waals surface area contributed by atoms with Crippen LogP contribution in [0.3, 0.4) is 0 Å². The number of ether oxygens (including phenoxy) is 3. The minimum absolute atomic E-state index is 0.0140. The summed E-state index contributed by atoms with van der Waals surface area (Å²) in [5.41, 5.74) is 4.07. The predicted octanol–water partition coefficient (Wildman–Crippen LogP) is 5.25. The number of fused-ring (bicyclic) bond motifs is 1. The number of aromatic nitrogens is 1. The molecule has 2 unspecified atom stereocenters. The molecule has 2 aromatic carbocycles. The molecule has 1 aliphatic rings. The number of amides is 1. The zero-order chi connectivity index (χ0) is 26.8. The number of carbonyl (C=O) groups is 1. The molecule has 0 aliphatic carbocycles. The number of benzene rings is 2. The number of nitriles is 1. The van der Waals surface area contributed by atoms with E-state index in [1.54, 1.807) is 62.8 Å². The number of carbonyl (C=O) groups excluding carboxylic acids is 1. The number of methoxy groups -OCH3 is 1. The number of alkyl halides is 1. The molecule has 194 valence electrons. The topological polar surface area (TPSA) is 97.8 Å². The zero-order valence-corrected chi connectivity index (χ0v) is 21.2. The molecule has 0 saturated carbocycles. The molecule has 2 atom stereocenters. The minimum Gasteiger partial charge on any atom is -0.496 e. The molecule has 3 heterocycles. The maximum absolute atomic E-state index is 14.2. The number of hydrogen-bond donors (Lipinski definition) is 0. The van der Waals surface area contributed by atoms with Gasteiger partial charge in [-0.25, -0.2) is 4.39 Å². The van der Waals surface area contributed by atoms with Gasteiger partial charge in [-0.3, -0.25) is 9.78 Å². The van der Waals surface area contributed by atoms with Crippen LogP contribution in [0.15, 0.2) is 59.1 Å². The molecule has 0 spiro atoms. The first-order valence-corrected chi connectivity index (χ1v) is 12.1. The molecule has 2 aromatic heterocycles. The van der Waals surface area contributed by atoms with Crippen LogP contribution in [-0.2, 0) is 4.74 Å². The van der Waals surface area contributed by atoms with E-state index in [9.17, 15) is 14.4 Å². The normalized spacial score (nSPS) is 17.1. The molecule has 9 heteroatoms. The number of halogens is 1. The van der Waals surface area contributed by atoms with Gasteiger partial charge in [-0.05, 0) is 42.0 Å². The number of furan rings is 1. The SMILES string of the molecule is COc1cc(C(=O)N(C)C)ccc1-c1cc2nccc(-c3ccc(OC4CCOCC4F)c(C#N)c3)c2o1. The fourth-order valence-corrected chi connectivity index (χ4v) is 4.45. The van der Waals surface area contributed by atoms with Gasteiger partial charge in [-0.2, -0.15) is 5.26 Å². The first-order valence-electron chi connectivity index (χ1n) is 12.1. The molecule has 4 aromatic rings. The highest BCUT2D eigenvalue weighted by Gasteiger charge is 2.28. The third-order valence-electron chi connectivity index (χ3n) is 6.45. The summed E-state index contributed by atoms with van der Waals surface area (Å²) in [7, 11) is 4.91. The third-order valence-corrected chi connectivity index (χ3v) is 6.45. The summed E-state index contributed by atoms with van der Waals surface area (Å²) in [6.07, 6.45) is 0.181. The predicted molar refractivity (Wildman–Crippen MR) is 139 cm³/mol. The highest BCUT2D eigenvalue weighted by molar-refractivity contribution is 5.96. The van der Waals surface area contributed by atoms with Gasteiger partial charge in [0.05, 0.1) is 31.5 Å². The Labute approximate surface area is 219 Å². The average Bonchev–Trinajstić information content (AvgIpc) is 3.38. The number of pyridine rings is 1. The van der Waals surface area contributed by atoms with Crippen molar-refractivity contribution in [3.63, 3.8) is 0 Å². The van der Waals surface area contributed by atoms with Crippen molar-refractivity contribution in [2.45, 2.75) is 18.7 Å². The lowest BCUT2D eigenvalue weighted by atomic mass is 10.0. The van der Waals surface area contributed by atoms with Gasteiger partial charge in [0.25, 0.3) is 5.91 Å². The van der Waals surface area contributed by atoms with Crippen LogP contribution in [0.1, 0.15) is 22.3 Å². The van der Waals surface area contributed by atoms with Crippen LogP contribution in [0.5, 0.6) is 11.5 Å². The van der Waals surface area contributed by atoms with Crippen molar-refractivity contribution in [3.8, 4) is 40.0 Å². The minimum atomic E-state index is -1.25. The van der Waals surface area contributed by atoms with Crippen molar-refractivity contribution in [2.75, 3.05) is 34.4 Å². The second-order valence-corrected chi connectivity index (χ2v) is 9.16. The Morgan fingerprint density at radius 3 is 2.71 bits per heavy atom. The maximum atomic E-state index is 14.2. The standard InChI is InChI=1S/C29H26FN3O5/c1-33(2)29(34)18-4-6-21(26(13-18)35-3)27-14-23-28(38-27)20(8-10-32-23)17-5-7-24(19(12-17)15-31)37-25-9-11-36-16-22(25)30/h4-8,10,12-14,22,25H,9,11,16H2,1-3H3. The van der Waals surface area contributed by atoms with E-state index >= 15 is 0 Å². The average molecular weight is 516 g/mol. The Morgan fingerprint density at radius 1 is 1.13 bits per heavy atom. The van der Waals surface area contributed by atoms with E-state index in [1.165, 1.54) is 12.0 Å². The summed E-state index contributed by atoms with van der Waals surface area (Å²) in [5.74, 6) is 1.21. The highest BCUT2D eigenvalue weighted by atomic mass is 19.1. The second-order valence-electron chi connectivity index (χ2n) is 9.16. The Bertz CT molecular complexity index is 1540. The lowest BCUT2D eigenvalue weighted by Gasteiger charge is -2.27. The monoisotopic (exact) mass is 515 g/mol. The van der Waals surface area contributed by atoms with Crippen LogP contribution in [0.4, 0.5) is 4.39 Å². The third kappa shape index (κ3) is 4.78. The summed E-state index contributed by atoms with van der Waals surface area (Å²) >= 11 is 0. The molecule has 8 nitrogen and oxygen atoms in total. The number of hydrogen-bond acceptors (Lipinski definition) is 7. The molecule has 1 saturated heterocycles. The Kier molecular flexibility index (Phi) is 6.99. The lowest BCUT2D eigenvalue weighted by Crippen LogP contribution is -2.37. The van der Waals surface area contributed by atoms with Gasteiger partial charge < -0.3 is 23.5 Å². The van der Waals surface area contributed by atoms with Crippen molar-refractivity contribution >= 4 is 17.0 Å². The van der Waals surface area contributed by atoms with Crippen LogP contribution < -0.4 is 9.47 Å². The molecule has 0 bridgehead atoms. The van der Waals surface area contributed by atoms with Crippen molar-refractivity contribution in [1.29, 1.82) is 5.26 Å². The molecule has 1 aliphatic heterocycles. The molecule has 38 heavy (non-hydrogen) atoms. The lowest BCUT2D eigenvalue weighted by molar-refractivity contribution is -0.0383. The highest BCUT2D eigenvalue weighted by Crippen LogP contribution is 2.38. The first-order chi connectivity index (χ1) is 18.4. The smallest absolute Gasteiger partial charge is 0.253 e. The van der Waals surface area contributed by atoms with E-state index in [0.29, 0.717) is 58.1 Å². The molecule has 5 rings (SSSR count). The summed E-state index contributed by atoms with van der Waals surface area (Å²) in [5, 5.41) is 9.78. The van der Waals surface area contributed by atoms with Crippen LogP contribution in [0.2, 0.25) is 0 Å². The molecular formula is C29H26FN3O5. The van der Waals surface area contributed by atoms with Crippen molar-refractivity contribution < 1.29 is 27.8 Å². The van der Waals surface area contributed by atoms with Gasteiger partial charge in [-0.15, -0.1) is 0 Å². The van der Waals surface area contributed by atoms with Gasteiger partial charge in [0.15, 0.2) is 11.8 Å². The van der Waals surface area contributed by atoms with Gasteiger partial charge in [0, 0.05) is 43.9 Å². The fraction of sp³-hybridized carbons (Fsp3) is 0.276. The Balaban J connectivity index is 1.51. The van der Waals surface area contributed by atoms with E-state index < -0.39 is 12.3 Å². The maximum Gasteiger partial charge on any atom is 0.253 e. The van der Waals surface area contributed by atoms with Gasteiger partial charge in [-0.1, -0.05) is 6.07 Å². The first kappa shape index (κ1) is 25.2. The Morgan fingerprint density at radius 2 is 1.97 bits per heavy atom. The summed E-state index contributed by atoms with van der Waals surface area (Å²) < 4.78 is 37.0. The van der Waals surface area contributed by atoms with Crippen LogP contribution in [0.25, 0.3) is 33.6 Å². The zero-order valence-electron chi connectivity index (χ0n) is 21.2. The summed E-state index contributed by atoms with van der Waals surface area (Å²) in [4.78, 5) is 18.3. The molecule has 1 fully saturated rings. The summed E-state index contributed by atoms with van der Waals surface area (Å²) in [6, 6.07) is 16.1. The molecule has 1 amide bonds. The van der Waals surface area contributed by atoms with Crippen LogP contribution in [-0.4, -0.2) is 62.5 Å². The largest absolute Gasteiger partial charge is 0.496 e. The molecule has 0 radical (unpaired) electrons. The molecule has 0 N–H and O–H groups in total. The van der Waals surface area contributed by atoms with E-state index in [4.69, 9.17) is 18.6 Å². The fourth-order valence-electron chi connectivity index (χ4n) is 4.45. The van der Waals surface area contributed by atoms with Crippen molar-refractivity contribution in [3.05, 3.63) is 65.9 Å². The number of nitrogens with zero attached hydrogens (tertiary/aromatic N) is 3. The second kappa shape index (κ2) is 10.5. The van der Waals surface area contributed by atoms with E-state index in [1.807, 2.05) is 6.07 Å². The van der Waals surface area contributed by atoms with Crippen molar-refractivity contribution in [1.82, 2.24) is 9.88 Å². The van der Waals surface area contributed by atoms with Gasteiger partial charge in [0.1, 0.15) is 34.9 Å². The van der Waals surface area contributed by atoms with Gasteiger partial charge in [0.2, 0.25) is 0 Å². The number of rotatable bonds is 6. The Hall–Kier alpha value is -4.42. The van der Waals surface area contributed by atoms with Gasteiger partial charge >= 0.3 is 0 Å². The summed E-state index contributed by atoms with van der Waals surface area (Å²) in [6.45, 7) is 0.403.